The summed E-state index contributed by atoms with van der Waals surface area (Å²) in [5.41, 5.74) is 1.42. The van der Waals surface area contributed by atoms with E-state index in [9.17, 15) is 0 Å². The third-order valence-electron chi connectivity index (χ3n) is 1.71. The van der Waals surface area contributed by atoms with E-state index in [4.69, 9.17) is 0 Å². The van der Waals surface area contributed by atoms with E-state index in [-0.39, 0.29) is 0 Å². The molecular weight excluding hydrogens is 120 g/mol. The molecule has 0 amide bonds. The Hall–Kier alpha value is -0.260. The zero-order chi connectivity index (χ0) is 7.98. The highest BCUT2D eigenvalue weighted by molar-refractivity contribution is 4.96. The van der Waals surface area contributed by atoms with Gasteiger partial charge >= 0.3 is 0 Å². The molecule has 0 unspecified atom stereocenters. The van der Waals surface area contributed by atoms with Gasteiger partial charge in [-0.15, -0.1) is 0 Å². The van der Waals surface area contributed by atoms with Gasteiger partial charge in [0.25, 0.3) is 0 Å². The molecule has 0 bridgehead atoms. The lowest BCUT2D eigenvalue weighted by Gasteiger charge is -2.03. The number of rotatable bonds is 4. The van der Waals surface area contributed by atoms with Crippen molar-refractivity contribution in [1.29, 1.82) is 0 Å². The van der Waals surface area contributed by atoms with Gasteiger partial charge in [-0.1, -0.05) is 31.9 Å². The van der Waals surface area contributed by atoms with Gasteiger partial charge in [0.2, 0.25) is 0 Å². The summed E-state index contributed by atoms with van der Waals surface area (Å²) in [5.74, 6) is 0.774. The Morgan fingerprint density at radius 2 is 2.00 bits per heavy atom. The van der Waals surface area contributed by atoms with Crippen molar-refractivity contribution in [2.24, 2.45) is 5.92 Å². The van der Waals surface area contributed by atoms with Gasteiger partial charge in [0, 0.05) is 0 Å². The van der Waals surface area contributed by atoms with Crippen LogP contribution in [0, 0.1) is 12.3 Å². The summed E-state index contributed by atoms with van der Waals surface area (Å²) in [4.78, 5) is 0. The first-order valence-corrected chi connectivity index (χ1v) is 4.13. The van der Waals surface area contributed by atoms with Gasteiger partial charge in [-0.05, 0) is 32.6 Å². The van der Waals surface area contributed by atoms with Crippen LogP contribution in [-0.2, 0) is 0 Å². The minimum Gasteiger partial charge on any atom is -0.0856 e. The lowest BCUT2D eigenvalue weighted by atomic mass is 10.0. The average Bonchev–Trinajstić information content (AvgIpc) is 1.87. The quantitative estimate of drug-likeness (QED) is 0.522. The van der Waals surface area contributed by atoms with E-state index in [1.54, 1.807) is 0 Å². The van der Waals surface area contributed by atoms with E-state index in [2.05, 4.69) is 40.2 Å². The fourth-order valence-corrected chi connectivity index (χ4v) is 0.703. The lowest BCUT2D eigenvalue weighted by Crippen LogP contribution is -1.90. The Kier molecular flexibility index (Phi) is 5.38. The van der Waals surface area contributed by atoms with Crippen molar-refractivity contribution in [3.63, 3.8) is 0 Å². The molecule has 0 saturated carbocycles. The van der Waals surface area contributed by atoms with Gasteiger partial charge in [-0.3, -0.25) is 0 Å². The van der Waals surface area contributed by atoms with E-state index in [1.165, 1.54) is 12.0 Å². The van der Waals surface area contributed by atoms with Crippen LogP contribution in [0.25, 0.3) is 0 Å². The molecule has 0 heterocycles. The third-order valence-corrected chi connectivity index (χ3v) is 1.71. The first kappa shape index (κ1) is 9.74. The van der Waals surface area contributed by atoms with Gasteiger partial charge in [0.1, 0.15) is 0 Å². The van der Waals surface area contributed by atoms with Crippen LogP contribution in [0.5, 0.6) is 0 Å². The molecule has 0 aromatic rings. The maximum absolute atomic E-state index is 2.37. The Morgan fingerprint density at radius 1 is 1.40 bits per heavy atom. The normalized spacial score (nSPS) is 12.8. The van der Waals surface area contributed by atoms with E-state index in [0.29, 0.717) is 0 Å². The van der Waals surface area contributed by atoms with Crippen LogP contribution >= 0.6 is 0 Å². The van der Waals surface area contributed by atoms with Crippen molar-refractivity contribution >= 4 is 0 Å². The monoisotopic (exact) mass is 139 g/mol. The van der Waals surface area contributed by atoms with E-state index >= 15 is 0 Å². The second-order valence-corrected chi connectivity index (χ2v) is 3.14. The number of hydrogen-bond donors (Lipinski definition) is 0. The predicted molar refractivity (Wildman–Crippen MR) is 47.8 cm³/mol. The molecule has 0 aliphatic heterocycles. The van der Waals surface area contributed by atoms with Crippen LogP contribution in [0.4, 0.5) is 0 Å². The van der Waals surface area contributed by atoms with Crippen LogP contribution in [-0.4, -0.2) is 0 Å². The van der Waals surface area contributed by atoms with E-state index in [1.807, 2.05) is 0 Å². The molecule has 10 heavy (non-hydrogen) atoms. The molecule has 0 saturated heterocycles. The fraction of sp³-hybridized carbons (Fsp3) is 0.700. The van der Waals surface area contributed by atoms with Crippen LogP contribution in [0.2, 0.25) is 0 Å². The molecule has 0 aliphatic carbocycles. The first-order chi connectivity index (χ1) is 4.66. The van der Waals surface area contributed by atoms with Gasteiger partial charge in [-0.2, -0.15) is 0 Å². The molecule has 1 radical (unpaired) electrons. The van der Waals surface area contributed by atoms with Gasteiger partial charge < -0.3 is 0 Å². The molecule has 0 spiro atoms. The van der Waals surface area contributed by atoms with E-state index < -0.39 is 0 Å². The van der Waals surface area contributed by atoms with Crippen LogP contribution in [0.15, 0.2) is 11.6 Å². The van der Waals surface area contributed by atoms with Crippen LogP contribution in [0.3, 0.4) is 0 Å². The first-order valence-electron chi connectivity index (χ1n) is 4.13. The molecule has 0 fully saturated rings. The Morgan fingerprint density at radius 3 is 2.40 bits per heavy atom. The second kappa shape index (κ2) is 5.52. The topological polar surface area (TPSA) is 0 Å². The van der Waals surface area contributed by atoms with Gasteiger partial charge in [0.05, 0.1) is 0 Å². The molecule has 0 aliphatic rings. The average molecular weight is 139 g/mol. The van der Waals surface area contributed by atoms with Gasteiger partial charge in [0.15, 0.2) is 0 Å². The van der Waals surface area contributed by atoms with Crippen molar-refractivity contribution in [2.75, 3.05) is 0 Å². The zero-order valence-electron chi connectivity index (χ0n) is 7.65. The van der Waals surface area contributed by atoms with Crippen molar-refractivity contribution < 1.29 is 0 Å². The maximum Gasteiger partial charge on any atom is -0.0314 e. The number of allylic oxidation sites excluding steroid dienone is 2. The summed E-state index contributed by atoms with van der Waals surface area (Å²) in [6, 6.07) is 0. The highest BCUT2D eigenvalue weighted by Crippen LogP contribution is 2.08. The summed E-state index contributed by atoms with van der Waals surface area (Å²) < 4.78 is 0. The van der Waals surface area contributed by atoms with Crippen molar-refractivity contribution in [1.82, 2.24) is 0 Å². The molecule has 59 valence electrons. The predicted octanol–water partition coefficient (Wildman–Crippen LogP) is 3.59. The molecule has 0 aromatic carbocycles. The van der Waals surface area contributed by atoms with Gasteiger partial charge in [-0.25, -0.2) is 0 Å². The summed E-state index contributed by atoms with van der Waals surface area (Å²) in [6.45, 7) is 8.78. The van der Waals surface area contributed by atoms with Crippen molar-refractivity contribution in [3.05, 3.63) is 18.1 Å². The molecule has 0 nitrogen and oxygen atoms in total. The third kappa shape index (κ3) is 5.87. The van der Waals surface area contributed by atoms with E-state index in [0.717, 1.165) is 12.3 Å². The zero-order valence-corrected chi connectivity index (χ0v) is 7.65. The Labute approximate surface area is 65.3 Å². The molecule has 0 N–H and O–H groups in total. The maximum atomic E-state index is 2.37. The minimum absolute atomic E-state index is 0.774. The number of hydrogen-bond acceptors (Lipinski definition) is 0. The van der Waals surface area contributed by atoms with Crippen molar-refractivity contribution in [2.45, 2.75) is 40.5 Å². The standard InChI is InChI=1S/C10H19/c1-5-10(4)8-6-7-9(2)3/h7-8,10H,5-6H2,1-4H3/t10-/m1/s1. The highest BCUT2D eigenvalue weighted by atomic mass is 14.0. The van der Waals surface area contributed by atoms with Crippen LogP contribution in [0.1, 0.15) is 40.5 Å². The molecule has 0 heteroatoms. The minimum atomic E-state index is 0.774. The second-order valence-electron chi connectivity index (χ2n) is 3.14. The summed E-state index contributed by atoms with van der Waals surface area (Å²) in [6.07, 6.45) is 7.03. The molecule has 0 aromatic heterocycles. The largest absolute Gasteiger partial charge is 0.0856 e. The SMILES string of the molecule is CC[C@@H](C)[CH]CC=C(C)C. The summed E-state index contributed by atoms with van der Waals surface area (Å²) in [5, 5.41) is 0. The molecule has 0 rings (SSSR count). The lowest BCUT2D eigenvalue weighted by molar-refractivity contribution is 0.634. The molecular formula is C10H19. The summed E-state index contributed by atoms with van der Waals surface area (Å²) >= 11 is 0. The van der Waals surface area contributed by atoms with Crippen molar-refractivity contribution in [3.8, 4) is 0 Å². The Bertz CT molecular complexity index is 96.6. The Balaban J connectivity index is 3.28. The van der Waals surface area contributed by atoms with Crippen LogP contribution < -0.4 is 0 Å². The molecule has 1 atom stereocenters. The summed E-state index contributed by atoms with van der Waals surface area (Å²) in [7, 11) is 0. The smallest absolute Gasteiger partial charge is 0.0314 e. The fourth-order valence-electron chi connectivity index (χ4n) is 0.703. The highest BCUT2D eigenvalue weighted by Gasteiger charge is 1.95.